The van der Waals surface area contributed by atoms with E-state index in [1.165, 1.54) is 11.8 Å². The van der Waals surface area contributed by atoms with Crippen molar-refractivity contribution in [3.8, 4) is 23.0 Å². The summed E-state index contributed by atoms with van der Waals surface area (Å²) in [5.74, 6) is 3.13. The second-order valence-corrected chi connectivity index (χ2v) is 6.47. The third-order valence-electron chi connectivity index (χ3n) is 2.79. The lowest BCUT2D eigenvalue weighted by molar-refractivity contribution is -0.120. The van der Waals surface area contributed by atoms with Crippen LogP contribution in [0, 0.1) is 12.3 Å². The molecule has 1 N–H and O–H groups in total. The Morgan fingerprint density at radius 1 is 1.62 bits per heavy atom. The minimum Gasteiger partial charge on any atom is -0.344 e. The summed E-state index contributed by atoms with van der Waals surface area (Å²) in [4.78, 5) is 12.9. The van der Waals surface area contributed by atoms with Crippen molar-refractivity contribution in [3.63, 3.8) is 0 Å². The Bertz CT molecular complexity index is 642. The normalized spacial score (nSPS) is 11.9. The van der Waals surface area contributed by atoms with Crippen molar-refractivity contribution >= 4 is 29.0 Å². The van der Waals surface area contributed by atoms with Crippen LogP contribution in [0.2, 0.25) is 0 Å². The Balaban J connectivity index is 2.14. The summed E-state index contributed by atoms with van der Waals surface area (Å²) in [7, 11) is 0. The molecule has 5 nitrogen and oxygen atoms in total. The second kappa shape index (κ2) is 7.29. The predicted octanol–water partition coefficient (Wildman–Crippen LogP) is 2.26. The summed E-state index contributed by atoms with van der Waals surface area (Å²) in [5.41, 5.74) is 0. The predicted molar refractivity (Wildman–Crippen MR) is 86.2 cm³/mol. The van der Waals surface area contributed by atoms with Gasteiger partial charge >= 0.3 is 0 Å². The first-order valence-corrected chi connectivity index (χ1v) is 8.28. The van der Waals surface area contributed by atoms with E-state index < -0.39 is 0 Å². The maximum atomic E-state index is 11.9. The van der Waals surface area contributed by atoms with E-state index in [-0.39, 0.29) is 17.7 Å². The average Bonchev–Trinajstić information content (AvgIpc) is 3.13. The molecule has 0 saturated heterocycles. The molecular formula is C14H16N4OS2. The highest BCUT2D eigenvalue weighted by Gasteiger charge is 2.20. The molecule has 0 aliphatic heterocycles. The number of hydrogen-bond acceptors (Lipinski definition) is 5. The van der Waals surface area contributed by atoms with Crippen molar-refractivity contribution in [2.45, 2.75) is 30.8 Å². The zero-order valence-electron chi connectivity index (χ0n) is 11.9. The van der Waals surface area contributed by atoms with Crippen molar-refractivity contribution in [2.24, 2.45) is 0 Å². The molecule has 2 rings (SSSR count). The van der Waals surface area contributed by atoms with E-state index in [9.17, 15) is 4.79 Å². The highest BCUT2D eigenvalue weighted by molar-refractivity contribution is 8.00. The lowest BCUT2D eigenvalue weighted by Crippen LogP contribution is -2.31. The van der Waals surface area contributed by atoms with E-state index in [4.69, 9.17) is 6.42 Å². The number of hydrogen-bond donors (Lipinski definition) is 1. The summed E-state index contributed by atoms with van der Waals surface area (Å²) >= 11 is 3.01. The summed E-state index contributed by atoms with van der Waals surface area (Å²) in [6.45, 7) is 4.86. The van der Waals surface area contributed by atoms with Gasteiger partial charge in [-0.05, 0) is 25.3 Å². The molecule has 0 aliphatic rings. The molecule has 0 fully saturated rings. The van der Waals surface area contributed by atoms with Crippen LogP contribution in [0.4, 0.5) is 0 Å². The van der Waals surface area contributed by atoms with Gasteiger partial charge in [0.05, 0.1) is 16.7 Å². The zero-order chi connectivity index (χ0) is 15.2. The van der Waals surface area contributed by atoms with Gasteiger partial charge in [-0.1, -0.05) is 23.7 Å². The highest BCUT2D eigenvalue weighted by Crippen LogP contribution is 2.28. The van der Waals surface area contributed by atoms with Crippen LogP contribution in [0.1, 0.15) is 13.8 Å². The van der Waals surface area contributed by atoms with Crippen LogP contribution in [-0.2, 0) is 11.3 Å². The molecule has 0 aliphatic carbocycles. The molecule has 0 radical (unpaired) electrons. The zero-order valence-corrected chi connectivity index (χ0v) is 13.5. The van der Waals surface area contributed by atoms with Crippen molar-refractivity contribution in [2.75, 3.05) is 6.54 Å². The minimum atomic E-state index is -0.274. The molecule has 1 amide bonds. The quantitative estimate of drug-likeness (QED) is 0.655. The fourth-order valence-corrected chi connectivity index (χ4v) is 3.40. The number of nitrogens with zero attached hydrogens (tertiary/aromatic N) is 3. The number of thiophene rings is 1. The fraction of sp³-hybridized carbons (Fsp3) is 0.357. The second-order valence-electron chi connectivity index (χ2n) is 4.21. The van der Waals surface area contributed by atoms with E-state index >= 15 is 0 Å². The molecule has 2 aromatic heterocycles. The fourth-order valence-electron chi connectivity index (χ4n) is 1.74. The first-order valence-electron chi connectivity index (χ1n) is 6.52. The van der Waals surface area contributed by atoms with Crippen LogP contribution in [0.25, 0.3) is 10.7 Å². The van der Waals surface area contributed by atoms with Crippen LogP contribution < -0.4 is 5.32 Å². The molecule has 110 valence electrons. The largest absolute Gasteiger partial charge is 0.344 e. The molecule has 7 heteroatoms. The Kier molecular flexibility index (Phi) is 5.42. The Hall–Kier alpha value is -1.78. The van der Waals surface area contributed by atoms with Crippen LogP contribution in [0.5, 0.6) is 0 Å². The summed E-state index contributed by atoms with van der Waals surface area (Å²) in [6.07, 6.45) is 5.14. The number of terminal acetylenes is 1. The van der Waals surface area contributed by atoms with Crippen LogP contribution in [-0.4, -0.2) is 32.5 Å². The van der Waals surface area contributed by atoms with E-state index in [2.05, 4.69) is 21.4 Å². The number of amides is 1. The van der Waals surface area contributed by atoms with Gasteiger partial charge in [-0.15, -0.1) is 28.0 Å². The van der Waals surface area contributed by atoms with Gasteiger partial charge in [0.25, 0.3) is 0 Å². The molecule has 0 bridgehead atoms. The van der Waals surface area contributed by atoms with Crippen molar-refractivity contribution in [3.05, 3.63) is 17.5 Å². The standard InChI is InChI=1S/C14H16N4OS2/c1-4-8-15-13(19)10(3)21-14-17-16-12(18(14)5-2)11-7-6-9-20-11/h1,6-7,9-10H,5,8H2,2-3H3,(H,15,19). The Labute approximate surface area is 132 Å². The molecule has 0 saturated carbocycles. The van der Waals surface area contributed by atoms with Gasteiger partial charge in [0, 0.05) is 6.54 Å². The van der Waals surface area contributed by atoms with E-state index in [0.717, 1.165) is 22.4 Å². The number of carbonyl (C=O) groups excluding carboxylic acids is 1. The van der Waals surface area contributed by atoms with Gasteiger partial charge in [-0.25, -0.2) is 0 Å². The first kappa shape index (κ1) is 15.6. The third-order valence-corrected chi connectivity index (χ3v) is 4.74. The van der Waals surface area contributed by atoms with Crippen molar-refractivity contribution in [1.29, 1.82) is 0 Å². The van der Waals surface area contributed by atoms with E-state index in [1.54, 1.807) is 11.3 Å². The number of thioether (sulfide) groups is 1. The molecule has 2 aromatic rings. The molecule has 21 heavy (non-hydrogen) atoms. The molecule has 0 aromatic carbocycles. The van der Waals surface area contributed by atoms with Gasteiger partial charge < -0.3 is 9.88 Å². The summed E-state index contributed by atoms with van der Waals surface area (Å²) in [5, 5.41) is 13.6. The molecular weight excluding hydrogens is 304 g/mol. The monoisotopic (exact) mass is 320 g/mol. The Morgan fingerprint density at radius 3 is 3.05 bits per heavy atom. The summed E-state index contributed by atoms with van der Waals surface area (Å²) in [6, 6.07) is 4.00. The number of aromatic nitrogens is 3. The Morgan fingerprint density at radius 2 is 2.43 bits per heavy atom. The maximum absolute atomic E-state index is 11.9. The third kappa shape index (κ3) is 3.65. The SMILES string of the molecule is C#CCNC(=O)C(C)Sc1nnc(-c2cccs2)n1CC. The first-order chi connectivity index (χ1) is 10.2. The average molecular weight is 320 g/mol. The number of carbonyl (C=O) groups is 1. The van der Waals surface area contributed by atoms with Crippen LogP contribution >= 0.6 is 23.1 Å². The van der Waals surface area contributed by atoms with Gasteiger partial charge in [0.15, 0.2) is 11.0 Å². The van der Waals surface area contributed by atoms with Crippen molar-refractivity contribution in [1.82, 2.24) is 20.1 Å². The van der Waals surface area contributed by atoms with Crippen molar-refractivity contribution < 1.29 is 4.79 Å². The molecule has 2 heterocycles. The van der Waals surface area contributed by atoms with E-state index in [1.807, 2.05) is 35.9 Å². The molecule has 0 spiro atoms. The topological polar surface area (TPSA) is 59.8 Å². The van der Waals surface area contributed by atoms with Crippen LogP contribution in [0.15, 0.2) is 22.7 Å². The lowest BCUT2D eigenvalue weighted by Gasteiger charge is -2.11. The van der Waals surface area contributed by atoms with Crippen LogP contribution in [0.3, 0.4) is 0 Å². The smallest absolute Gasteiger partial charge is 0.234 e. The van der Waals surface area contributed by atoms with Gasteiger partial charge in [-0.2, -0.15) is 0 Å². The number of nitrogens with one attached hydrogen (secondary N) is 1. The van der Waals surface area contributed by atoms with Gasteiger partial charge in [0.1, 0.15) is 0 Å². The minimum absolute atomic E-state index is 0.0960. The molecule has 1 atom stereocenters. The summed E-state index contributed by atoms with van der Waals surface area (Å²) < 4.78 is 2.02. The van der Waals surface area contributed by atoms with Gasteiger partial charge in [-0.3, -0.25) is 4.79 Å². The lowest BCUT2D eigenvalue weighted by atomic mass is 10.4. The van der Waals surface area contributed by atoms with E-state index in [0.29, 0.717) is 0 Å². The molecule has 1 unspecified atom stereocenters. The number of rotatable bonds is 6. The maximum Gasteiger partial charge on any atom is 0.234 e. The van der Waals surface area contributed by atoms with Gasteiger partial charge in [0.2, 0.25) is 5.91 Å². The highest BCUT2D eigenvalue weighted by atomic mass is 32.2.